The third-order valence-corrected chi connectivity index (χ3v) is 7.30. The molecule has 2 atom stereocenters. The number of amides is 4. The molecule has 0 aliphatic carbocycles. The first-order chi connectivity index (χ1) is 18.9. The number of aliphatic carboxylic acids is 1. The fourth-order valence-electron chi connectivity index (χ4n) is 5.46. The van der Waals surface area contributed by atoms with Crippen LogP contribution < -0.4 is 5.32 Å². The summed E-state index contributed by atoms with van der Waals surface area (Å²) < 4.78 is 0. The predicted molar refractivity (Wildman–Crippen MR) is 144 cm³/mol. The number of carboxylic acids is 1. The van der Waals surface area contributed by atoms with E-state index in [0.29, 0.717) is 6.54 Å². The molecule has 0 aromatic heterocycles. The third kappa shape index (κ3) is 5.28. The van der Waals surface area contributed by atoms with E-state index in [4.69, 9.17) is 0 Å². The highest BCUT2D eigenvalue weighted by Gasteiger charge is 2.51. The van der Waals surface area contributed by atoms with Crippen LogP contribution in [-0.4, -0.2) is 80.6 Å². The first-order valence-electron chi connectivity index (χ1n) is 13.0. The SMILES string of the molecule is CCN1CC(=O)N2[C@@H](CC(=O)O)C(=O)N(Cc3cccc4ccccc34)C[C@@H]2N1C(=O)NCc1ccccc1. The average molecular weight is 530 g/mol. The van der Waals surface area contributed by atoms with Gasteiger partial charge in [0.1, 0.15) is 12.2 Å². The minimum absolute atomic E-state index is 0.0547. The number of nitrogens with zero attached hydrogens (tertiary/aromatic N) is 4. The molecule has 4 amide bonds. The van der Waals surface area contributed by atoms with Crippen LogP contribution in [0.4, 0.5) is 4.79 Å². The minimum Gasteiger partial charge on any atom is -0.481 e. The number of carboxylic acid groups (broad SMARTS) is 1. The van der Waals surface area contributed by atoms with Gasteiger partial charge in [-0.2, -0.15) is 0 Å². The predicted octanol–water partition coefficient (Wildman–Crippen LogP) is 2.64. The molecule has 0 unspecified atom stereocenters. The number of likely N-dealkylation sites (N-methyl/N-ethyl adjacent to an activating group) is 1. The van der Waals surface area contributed by atoms with Crippen LogP contribution >= 0.6 is 0 Å². The van der Waals surface area contributed by atoms with Gasteiger partial charge in [0, 0.05) is 19.6 Å². The number of piperazine rings is 1. The summed E-state index contributed by atoms with van der Waals surface area (Å²) in [4.78, 5) is 55.2. The van der Waals surface area contributed by atoms with E-state index < -0.39 is 36.5 Å². The second-order valence-electron chi connectivity index (χ2n) is 9.72. The number of fused-ring (bicyclic) bond motifs is 2. The lowest BCUT2D eigenvalue weighted by molar-refractivity contribution is -0.191. The van der Waals surface area contributed by atoms with E-state index in [1.807, 2.05) is 79.7 Å². The van der Waals surface area contributed by atoms with E-state index in [-0.39, 0.29) is 32.1 Å². The zero-order valence-electron chi connectivity index (χ0n) is 21.7. The number of carbonyl (C=O) groups is 4. The van der Waals surface area contributed by atoms with Crippen molar-refractivity contribution in [1.82, 2.24) is 25.1 Å². The molecule has 0 spiro atoms. The van der Waals surface area contributed by atoms with Crippen molar-refractivity contribution < 1.29 is 24.3 Å². The number of hydrazine groups is 1. The number of rotatable bonds is 7. The zero-order valence-corrected chi connectivity index (χ0v) is 21.7. The summed E-state index contributed by atoms with van der Waals surface area (Å²) in [6.45, 7) is 2.66. The van der Waals surface area contributed by atoms with Crippen molar-refractivity contribution in [1.29, 1.82) is 0 Å². The molecule has 2 aliphatic rings. The van der Waals surface area contributed by atoms with Crippen LogP contribution in [0.2, 0.25) is 0 Å². The van der Waals surface area contributed by atoms with Gasteiger partial charge in [-0.1, -0.05) is 79.7 Å². The Balaban J connectivity index is 1.48. The first-order valence-corrected chi connectivity index (χ1v) is 13.0. The molecule has 2 saturated heterocycles. The Hall–Kier alpha value is -4.44. The van der Waals surface area contributed by atoms with Gasteiger partial charge >= 0.3 is 12.0 Å². The second-order valence-corrected chi connectivity index (χ2v) is 9.72. The number of benzene rings is 3. The molecule has 10 heteroatoms. The molecule has 2 aliphatic heterocycles. The molecular weight excluding hydrogens is 498 g/mol. The largest absolute Gasteiger partial charge is 0.481 e. The van der Waals surface area contributed by atoms with Gasteiger partial charge in [0.15, 0.2) is 0 Å². The summed E-state index contributed by atoms with van der Waals surface area (Å²) in [6.07, 6.45) is -1.39. The van der Waals surface area contributed by atoms with E-state index in [9.17, 15) is 24.3 Å². The number of nitrogens with one attached hydrogen (secondary N) is 1. The summed E-state index contributed by atoms with van der Waals surface area (Å²) in [5.41, 5.74) is 1.82. The molecule has 2 N–H and O–H groups in total. The monoisotopic (exact) mass is 529 g/mol. The molecule has 3 aromatic carbocycles. The van der Waals surface area contributed by atoms with Crippen molar-refractivity contribution in [3.05, 3.63) is 83.9 Å². The smallest absolute Gasteiger partial charge is 0.334 e. The van der Waals surface area contributed by atoms with Gasteiger partial charge in [-0.15, -0.1) is 0 Å². The highest BCUT2D eigenvalue weighted by molar-refractivity contribution is 5.94. The topological polar surface area (TPSA) is 114 Å². The maximum absolute atomic E-state index is 13.7. The van der Waals surface area contributed by atoms with Crippen molar-refractivity contribution in [2.45, 2.75) is 38.6 Å². The van der Waals surface area contributed by atoms with Crippen LogP contribution in [-0.2, 0) is 27.5 Å². The summed E-state index contributed by atoms with van der Waals surface area (Å²) in [6, 6.07) is 21.5. The van der Waals surface area contributed by atoms with E-state index in [0.717, 1.165) is 21.9 Å². The molecule has 3 aromatic rings. The Morgan fingerprint density at radius 1 is 0.974 bits per heavy atom. The highest BCUT2D eigenvalue weighted by atomic mass is 16.4. The quantitative estimate of drug-likeness (QED) is 0.487. The Morgan fingerprint density at radius 2 is 1.69 bits per heavy atom. The van der Waals surface area contributed by atoms with Gasteiger partial charge < -0.3 is 20.2 Å². The van der Waals surface area contributed by atoms with E-state index in [2.05, 4.69) is 5.32 Å². The van der Waals surface area contributed by atoms with Gasteiger partial charge in [0.05, 0.1) is 19.5 Å². The fraction of sp³-hybridized carbons (Fsp3) is 0.310. The van der Waals surface area contributed by atoms with E-state index >= 15 is 0 Å². The Kier molecular flexibility index (Phi) is 7.47. The lowest BCUT2D eigenvalue weighted by Crippen LogP contribution is -2.76. The summed E-state index contributed by atoms with van der Waals surface area (Å²) in [7, 11) is 0. The molecule has 0 bridgehead atoms. The van der Waals surface area contributed by atoms with Crippen LogP contribution in [0.15, 0.2) is 72.8 Å². The molecule has 0 radical (unpaired) electrons. The third-order valence-electron chi connectivity index (χ3n) is 7.30. The van der Waals surface area contributed by atoms with Gasteiger partial charge in [-0.25, -0.2) is 14.8 Å². The van der Waals surface area contributed by atoms with Gasteiger partial charge in [-0.3, -0.25) is 14.4 Å². The zero-order chi connectivity index (χ0) is 27.5. The van der Waals surface area contributed by atoms with Crippen molar-refractivity contribution in [2.75, 3.05) is 19.6 Å². The van der Waals surface area contributed by atoms with E-state index in [1.54, 1.807) is 9.91 Å². The number of urea groups is 1. The maximum atomic E-state index is 13.7. The number of hydrogen-bond donors (Lipinski definition) is 2. The van der Waals surface area contributed by atoms with Crippen LogP contribution in [0.5, 0.6) is 0 Å². The lowest BCUT2D eigenvalue weighted by Gasteiger charge is -2.54. The van der Waals surface area contributed by atoms with Gasteiger partial charge in [0.2, 0.25) is 11.8 Å². The highest BCUT2D eigenvalue weighted by Crippen LogP contribution is 2.30. The van der Waals surface area contributed by atoms with E-state index in [1.165, 1.54) is 9.91 Å². The molecule has 0 saturated carbocycles. The molecule has 2 fully saturated rings. The lowest BCUT2D eigenvalue weighted by atomic mass is 10.0. The molecular formula is C29H31N5O5. The first kappa shape index (κ1) is 26.2. The molecule has 39 heavy (non-hydrogen) atoms. The van der Waals surface area contributed by atoms with Crippen molar-refractivity contribution in [3.63, 3.8) is 0 Å². The number of hydrogen-bond acceptors (Lipinski definition) is 5. The van der Waals surface area contributed by atoms with Gasteiger partial charge in [-0.05, 0) is 21.9 Å². The average Bonchev–Trinajstić information content (AvgIpc) is 2.94. The fourth-order valence-corrected chi connectivity index (χ4v) is 5.46. The van der Waals surface area contributed by atoms with Crippen molar-refractivity contribution in [2.24, 2.45) is 0 Å². The summed E-state index contributed by atoms with van der Waals surface area (Å²) in [5, 5.41) is 17.7. The van der Waals surface area contributed by atoms with Crippen LogP contribution in [0.25, 0.3) is 10.8 Å². The summed E-state index contributed by atoms with van der Waals surface area (Å²) in [5.74, 6) is -2.01. The Morgan fingerprint density at radius 3 is 2.44 bits per heavy atom. The van der Waals surface area contributed by atoms with Crippen LogP contribution in [0.1, 0.15) is 24.5 Å². The minimum atomic E-state index is -1.22. The molecule has 2 heterocycles. The van der Waals surface area contributed by atoms with Crippen LogP contribution in [0.3, 0.4) is 0 Å². The molecule has 10 nitrogen and oxygen atoms in total. The number of carbonyl (C=O) groups excluding carboxylic acids is 3. The van der Waals surface area contributed by atoms with Gasteiger partial charge in [0.25, 0.3) is 0 Å². The Labute approximate surface area is 226 Å². The Bertz CT molecular complexity index is 1390. The molecule has 202 valence electrons. The molecule has 5 rings (SSSR count). The maximum Gasteiger partial charge on any atom is 0.334 e. The normalized spacial score (nSPS) is 19.8. The standard InChI is InChI=1S/C29H31N5O5/c1-2-32-19-26(35)33-24(15-27(36)37)28(38)31(17-22-13-8-12-21-11-6-7-14-23(21)22)18-25(33)34(32)29(39)30-16-20-9-4-3-5-10-20/h3-14,24-25H,2,15-19H2,1H3,(H,30,39)(H,36,37)/t24-,25-/m0/s1. The van der Waals surface area contributed by atoms with Crippen LogP contribution in [0, 0.1) is 0 Å². The second kappa shape index (κ2) is 11.1. The van der Waals surface area contributed by atoms with Crippen molar-refractivity contribution in [3.8, 4) is 0 Å². The van der Waals surface area contributed by atoms with Crippen molar-refractivity contribution >= 4 is 34.6 Å². The summed E-state index contributed by atoms with van der Waals surface area (Å²) >= 11 is 0.